The molecule has 0 saturated heterocycles. The van der Waals surface area contributed by atoms with Crippen LogP contribution in [-0.4, -0.2) is 11.9 Å². The normalized spacial score (nSPS) is 29.6. The summed E-state index contributed by atoms with van der Waals surface area (Å²) in [6, 6.07) is 7.83. The molecule has 0 spiro atoms. The van der Waals surface area contributed by atoms with E-state index in [0.717, 1.165) is 35.2 Å². The number of benzene rings is 1. The fourth-order valence-electron chi connectivity index (χ4n) is 4.71. The number of allylic oxidation sites excluding steroid dienone is 2. The molecule has 2 heterocycles. The van der Waals surface area contributed by atoms with E-state index in [1.165, 1.54) is 0 Å². The van der Waals surface area contributed by atoms with Crippen LogP contribution in [0.4, 0.5) is 0 Å². The maximum atomic E-state index is 13.3. The summed E-state index contributed by atoms with van der Waals surface area (Å²) >= 11 is 9.91. The summed E-state index contributed by atoms with van der Waals surface area (Å²) in [5.41, 5.74) is 3.27. The first kappa shape index (κ1) is 17.9. The summed E-state index contributed by atoms with van der Waals surface area (Å²) < 4.78 is 0.709. The van der Waals surface area contributed by atoms with Gasteiger partial charge in [0.05, 0.1) is 5.41 Å². The maximum absolute atomic E-state index is 13.3. The van der Waals surface area contributed by atoms with Crippen LogP contribution in [0, 0.1) is 5.41 Å². The third-order valence-corrected chi connectivity index (χ3v) is 6.50. The number of nitrogens with one attached hydrogen (secondary N) is 1. The molecule has 1 aromatic rings. The zero-order valence-corrected chi connectivity index (χ0v) is 17.4. The monoisotopic (exact) mass is 433 g/mol. The summed E-state index contributed by atoms with van der Waals surface area (Å²) in [4.78, 5) is 13.3. The number of ketones is 1. The minimum Gasteiger partial charge on any atom is -0.362 e. The van der Waals surface area contributed by atoms with Gasteiger partial charge in [-0.1, -0.05) is 44.5 Å². The molecule has 1 aliphatic carbocycles. The number of halogens is 2. The average Bonchev–Trinajstić information content (AvgIpc) is 2.93. The van der Waals surface area contributed by atoms with Crippen LogP contribution in [0.25, 0.3) is 0 Å². The zero-order valence-electron chi connectivity index (χ0n) is 15.1. The van der Waals surface area contributed by atoms with Gasteiger partial charge in [-0.3, -0.25) is 4.79 Å². The second kappa shape index (κ2) is 6.03. The number of carbonyl (C=O) groups excluding carboxylic acids is 1. The van der Waals surface area contributed by atoms with Crippen LogP contribution >= 0.6 is 27.5 Å². The second-order valence-corrected chi connectivity index (χ2v) is 9.22. The van der Waals surface area contributed by atoms with Gasteiger partial charge in [-0.25, -0.2) is 0 Å². The van der Waals surface area contributed by atoms with E-state index >= 15 is 0 Å². The first-order valence-corrected chi connectivity index (χ1v) is 10.1. The Bertz CT molecular complexity index is 902. The molecule has 4 nitrogen and oxygen atoms in total. The highest BCUT2D eigenvalue weighted by molar-refractivity contribution is 9.11. The summed E-state index contributed by atoms with van der Waals surface area (Å²) in [6.45, 7) is 6.40. The van der Waals surface area contributed by atoms with E-state index in [1.807, 2.05) is 18.2 Å². The van der Waals surface area contributed by atoms with E-state index in [4.69, 9.17) is 11.6 Å². The van der Waals surface area contributed by atoms with Crippen LogP contribution in [0.1, 0.15) is 45.6 Å². The summed E-state index contributed by atoms with van der Waals surface area (Å²) in [7, 11) is 0. The van der Waals surface area contributed by atoms with Crippen molar-refractivity contribution in [3.63, 3.8) is 0 Å². The standard InChI is InChI=1S/C20H21BrClN3O/c1-4-20(11-6-5-7-12(22)8-11)15-13(9-19(2,3)10-14(15)26)23-18-16(20)17(21)24-25-18/h5-8,18,23H,4,9-10H2,1-3H3/t18?,20-/m1/s1. The third kappa shape index (κ3) is 2.51. The van der Waals surface area contributed by atoms with E-state index in [-0.39, 0.29) is 17.4 Å². The lowest BCUT2D eigenvalue weighted by Gasteiger charge is -2.48. The first-order valence-electron chi connectivity index (χ1n) is 8.89. The summed E-state index contributed by atoms with van der Waals surface area (Å²) in [6.07, 6.45) is 1.86. The zero-order chi connectivity index (χ0) is 18.7. The topological polar surface area (TPSA) is 53.8 Å². The van der Waals surface area contributed by atoms with Crippen molar-refractivity contribution < 1.29 is 4.79 Å². The first-order chi connectivity index (χ1) is 12.3. The lowest BCUT2D eigenvalue weighted by molar-refractivity contribution is -0.119. The Morgan fingerprint density at radius 3 is 2.81 bits per heavy atom. The molecule has 1 unspecified atom stereocenters. The highest BCUT2D eigenvalue weighted by Crippen LogP contribution is 2.55. The molecule has 0 aromatic heterocycles. The quantitative estimate of drug-likeness (QED) is 0.613. The van der Waals surface area contributed by atoms with E-state index in [1.54, 1.807) is 0 Å². The van der Waals surface area contributed by atoms with Crippen LogP contribution in [0.5, 0.6) is 0 Å². The van der Waals surface area contributed by atoms with Gasteiger partial charge in [-0.2, -0.15) is 5.11 Å². The van der Waals surface area contributed by atoms with Crippen LogP contribution in [0.3, 0.4) is 0 Å². The van der Waals surface area contributed by atoms with Gasteiger partial charge in [-0.05, 0) is 51.9 Å². The van der Waals surface area contributed by atoms with Crippen LogP contribution in [0.15, 0.2) is 55.9 Å². The highest BCUT2D eigenvalue weighted by Gasteiger charge is 2.54. The van der Waals surface area contributed by atoms with Crippen LogP contribution in [0.2, 0.25) is 5.02 Å². The third-order valence-electron chi connectivity index (χ3n) is 5.68. The van der Waals surface area contributed by atoms with E-state index in [9.17, 15) is 4.79 Å². The fourth-order valence-corrected chi connectivity index (χ4v) is 5.54. The van der Waals surface area contributed by atoms with E-state index in [2.05, 4.69) is 58.3 Å². The van der Waals surface area contributed by atoms with Gasteiger partial charge in [0.1, 0.15) is 4.61 Å². The molecule has 0 amide bonds. The Morgan fingerprint density at radius 2 is 2.12 bits per heavy atom. The van der Waals surface area contributed by atoms with E-state index in [0.29, 0.717) is 16.0 Å². The maximum Gasteiger partial charge on any atom is 0.165 e. The number of hydrogen-bond donors (Lipinski definition) is 1. The minimum absolute atomic E-state index is 0.0646. The predicted octanol–water partition coefficient (Wildman–Crippen LogP) is 5.63. The molecule has 1 N–H and O–H groups in total. The van der Waals surface area contributed by atoms with Crippen molar-refractivity contribution in [2.24, 2.45) is 15.6 Å². The molecular formula is C20H21BrClN3O. The number of nitrogens with zero attached hydrogens (tertiary/aromatic N) is 2. The Kier molecular flexibility index (Phi) is 4.16. The molecule has 2 atom stereocenters. The van der Waals surface area contributed by atoms with Crippen molar-refractivity contribution in [2.45, 2.75) is 51.6 Å². The number of carbonyl (C=O) groups is 1. The number of hydrogen-bond acceptors (Lipinski definition) is 4. The molecule has 3 aliphatic rings. The Balaban J connectivity index is 2.04. The summed E-state index contributed by atoms with van der Waals surface area (Å²) in [5, 5.41) is 12.8. The predicted molar refractivity (Wildman–Crippen MR) is 106 cm³/mol. The SMILES string of the molecule is CC[C@@]1(c2cccc(Cl)c2)C2=C(CC(C)(C)CC2=O)NC2N=NC(Br)=C21. The minimum atomic E-state index is -0.563. The number of Topliss-reactive ketones (excluding diaryl/α,β-unsaturated/α-hetero) is 1. The lowest BCUT2D eigenvalue weighted by atomic mass is 9.59. The van der Waals surface area contributed by atoms with Crippen molar-refractivity contribution in [1.82, 2.24) is 5.32 Å². The molecule has 0 fully saturated rings. The van der Waals surface area contributed by atoms with Gasteiger partial charge >= 0.3 is 0 Å². The van der Waals surface area contributed by atoms with Crippen molar-refractivity contribution in [1.29, 1.82) is 0 Å². The molecule has 136 valence electrons. The molecule has 0 bridgehead atoms. The van der Waals surface area contributed by atoms with Crippen LogP contribution in [-0.2, 0) is 10.2 Å². The molecule has 2 aliphatic heterocycles. The number of fused-ring (bicyclic) bond motifs is 1. The Labute approximate surface area is 166 Å². The fraction of sp³-hybridized carbons (Fsp3) is 0.450. The van der Waals surface area contributed by atoms with Gasteiger partial charge in [0, 0.05) is 28.3 Å². The van der Waals surface area contributed by atoms with Crippen molar-refractivity contribution in [3.8, 4) is 0 Å². The largest absolute Gasteiger partial charge is 0.362 e. The molecular weight excluding hydrogens is 414 g/mol. The van der Waals surface area contributed by atoms with Crippen molar-refractivity contribution in [3.05, 3.63) is 56.3 Å². The number of azo groups is 1. The average molecular weight is 435 g/mol. The second-order valence-electron chi connectivity index (χ2n) is 8.03. The molecule has 6 heteroatoms. The van der Waals surface area contributed by atoms with Crippen molar-refractivity contribution in [2.75, 3.05) is 0 Å². The molecule has 0 radical (unpaired) electrons. The molecule has 0 saturated carbocycles. The molecule has 26 heavy (non-hydrogen) atoms. The molecule has 1 aromatic carbocycles. The highest BCUT2D eigenvalue weighted by atomic mass is 79.9. The lowest BCUT2D eigenvalue weighted by Crippen LogP contribution is -2.51. The van der Waals surface area contributed by atoms with Gasteiger partial charge < -0.3 is 5.32 Å². The smallest absolute Gasteiger partial charge is 0.165 e. The Hall–Kier alpha value is -1.46. The van der Waals surface area contributed by atoms with E-state index < -0.39 is 5.41 Å². The van der Waals surface area contributed by atoms with Crippen molar-refractivity contribution >= 4 is 33.3 Å². The van der Waals surface area contributed by atoms with Gasteiger partial charge in [0.25, 0.3) is 0 Å². The van der Waals surface area contributed by atoms with Gasteiger partial charge in [-0.15, -0.1) is 5.11 Å². The van der Waals surface area contributed by atoms with Gasteiger partial charge in [0.15, 0.2) is 11.9 Å². The summed E-state index contributed by atoms with van der Waals surface area (Å²) in [5.74, 6) is 0.198. The Morgan fingerprint density at radius 1 is 1.35 bits per heavy atom. The number of rotatable bonds is 2. The molecule has 4 rings (SSSR count). The van der Waals surface area contributed by atoms with Crippen LogP contribution < -0.4 is 5.32 Å². The van der Waals surface area contributed by atoms with Gasteiger partial charge in [0.2, 0.25) is 0 Å².